The van der Waals surface area contributed by atoms with Crippen LogP contribution in [0.4, 0.5) is 0 Å². The van der Waals surface area contributed by atoms with Gasteiger partial charge in [0.15, 0.2) is 0 Å². The summed E-state index contributed by atoms with van der Waals surface area (Å²) in [4.78, 5) is 25.7. The normalized spacial score (nSPS) is 11.0. The molecule has 0 saturated heterocycles. The highest BCUT2D eigenvalue weighted by atomic mass is 35.5. The first-order valence-electron chi connectivity index (χ1n) is 8.09. The van der Waals surface area contributed by atoms with Crippen LogP contribution in [-0.4, -0.2) is 10.4 Å². The second-order valence-electron chi connectivity index (χ2n) is 5.86. The number of nitrogens with zero attached hydrogens (tertiary/aromatic N) is 1. The highest BCUT2D eigenvalue weighted by Gasteiger charge is 2.21. The molecule has 128 valence electrons. The Hall–Kier alpha value is -3.11. The number of carbonyl (C=O) groups is 1. The third kappa shape index (κ3) is 2.74. The molecule has 0 fully saturated rings. The predicted molar refractivity (Wildman–Crippen MR) is 102 cm³/mol. The summed E-state index contributed by atoms with van der Waals surface area (Å²) in [6.45, 7) is 0.0959. The molecule has 0 radical (unpaired) electrons. The average molecular weight is 364 g/mol. The number of pyridine rings is 2. The molecule has 0 aliphatic rings. The molecule has 26 heavy (non-hydrogen) atoms. The largest absolute Gasteiger partial charge is 0.457 e. The number of fused-ring (bicyclic) bond motifs is 3. The van der Waals surface area contributed by atoms with E-state index in [1.165, 1.54) is 0 Å². The summed E-state index contributed by atoms with van der Waals surface area (Å²) in [6.07, 6.45) is 1.79. The van der Waals surface area contributed by atoms with E-state index in [1.807, 2.05) is 36.4 Å². The Labute approximate surface area is 154 Å². The van der Waals surface area contributed by atoms with Crippen LogP contribution in [0.25, 0.3) is 16.4 Å². The number of hydrogen-bond acceptors (Lipinski definition) is 3. The quantitative estimate of drug-likeness (QED) is 0.399. The van der Waals surface area contributed by atoms with E-state index < -0.39 is 11.4 Å². The minimum Gasteiger partial charge on any atom is -0.457 e. The summed E-state index contributed by atoms with van der Waals surface area (Å²) < 4.78 is 7.18. The summed E-state index contributed by atoms with van der Waals surface area (Å²) in [5, 5.41) is 0.618. The van der Waals surface area contributed by atoms with Gasteiger partial charge >= 0.3 is 5.97 Å². The average Bonchev–Trinajstić information content (AvgIpc) is 2.67. The Morgan fingerprint density at radius 1 is 0.923 bits per heavy atom. The van der Waals surface area contributed by atoms with Crippen molar-refractivity contribution in [1.82, 2.24) is 4.40 Å². The molecule has 2 aromatic carbocycles. The van der Waals surface area contributed by atoms with Gasteiger partial charge in [0.2, 0.25) is 5.43 Å². The van der Waals surface area contributed by atoms with Gasteiger partial charge in [0.25, 0.3) is 0 Å². The van der Waals surface area contributed by atoms with Gasteiger partial charge in [-0.05, 0) is 29.8 Å². The third-order valence-electron chi connectivity index (χ3n) is 4.24. The summed E-state index contributed by atoms with van der Waals surface area (Å²) in [5.74, 6) is -0.663. The molecule has 4 rings (SSSR count). The zero-order chi connectivity index (χ0) is 18.1. The molecule has 0 bridgehead atoms. The number of benzene rings is 2. The zero-order valence-electron chi connectivity index (χ0n) is 13.7. The third-order valence-corrected chi connectivity index (χ3v) is 4.55. The van der Waals surface area contributed by atoms with Crippen LogP contribution in [0.1, 0.15) is 15.9 Å². The van der Waals surface area contributed by atoms with Gasteiger partial charge < -0.3 is 9.14 Å². The van der Waals surface area contributed by atoms with Gasteiger partial charge in [0.1, 0.15) is 12.2 Å². The number of carbonyl (C=O) groups excluding carboxylic acids is 1. The SMILES string of the molecule is O=C(OCc1ccccc1)c1c(=O)c2c(Cl)cccc2n2ccccc12. The van der Waals surface area contributed by atoms with Gasteiger partial charge in [0, 0.05) is 6.20 Å². The molecule has 0 saturated carbocycles. The molecule has 5 heteroatoms. The maximum Gasteiger partial charge on any atom is 0.344 e. The molecule has 0 aliphatic heterocycles. The lowest BCUT2D eigenvalue weighted by Crippen LogP contribution is -2.20. The van der Waals surface area contributed by atoms with Crippen molar-refractivity contribution in [2.45, 2.75) is 6.61 Å². The van der Waals surface area contributed by atoms with Crippen molar-refractivity contribution in [3.8, 4) is 0 Å². The topological polar surface area (TPSA) is 47.8 Å². The Bertz CT molecular complexity index is 1180. The van der Waals surface area contributed by atoms with Crippen molar-refractivity contribution in [1.29, 1.82) is 0 Å². The van der Waals surface area contributed by atoms with Crippen molar-refractivity contribution in [2.75, 3.05) is 0 Å². The van der Waals surface area contributed by atoms with Crippen molar-refractivity contribution in [3.63, 3.8) is 0 Å². The van der Waals surface area contributed by atoms with Gasteiger partial charge in [-0.25, -0.2) is 4.79 Å². The van der Waals surface area contributed by atoms with Crippen LogP contribution in [0, 0.1) is 0 Å². The fourth-order valence-corrected chi connectivity index (χ4v) is 3.28. The van der Waals surface area contributed by atoms with Gasteiger partial charge in [-0.1, -0.05) is 54.1 Å². The first kappa shape index (κ1) is 16.4. The molecule has 4 nitrogen and oxygen atoms in total. The van der Waals surface area contributed by atoms with E-state index in [9.17, 15) is 9.59 Å². The van der Waals surface area contributed by atoms with E-state index in [4.69, 9.17) is 16.3 Å². The highest BCUT2D eigenvalue weighted by Crippen LogP contribution is 2.23. The van der Waals surface area contributed by atoms with E-state index in [-0.39, 0.29) is 12.2 Å². The second kappa shape index (κ2) is 6.65. The first-order chi connectivity index (χ1) is 12.7. The molecule has 0 unspecified atom stereocenters. The lowest BCUT2D eigenvalue weighted by Gasteiger charge is -2.12. The smallest absolute Gasteiger partial charge is 0.344 e. The van der Waals surface area contributed by atoms with Crippen LogP contribution in [0.5, 0.6) is 0 Å². The summed E-state index contributed by atoms with van der Waals surface area (Å²) in [6, 6.07) is 19.9. The van der Waals surface area contributed by atoms with Crippen molar-refractivity contribution >= 4 is 34.0 Å². The fourth-order valence-electron chi connectivity index (χ4n) is 3.03. The maximum absolute atomic E-state index is 13.0. The van der Waals surface area contributed by atoms with Crippen molar-refractivity contribution in [2.24, 2.45) is 0 Å². The lowest BCUT2D eigenvalue weighted by atomic mass is 10.1. The van der Waals surface area contributed by atoms with Gasteiger partial charge in [0.05, 0.1) is 21.4 Å². The Balaban J connectivity index is 1.88. The number of ether oxygens (including phenoxy) is 1. The van der Waals surface area contributed by atoms with E-state index >= 15 is 0 Å². The number of halogens is 1. The molecular formula is C21H14ClNO3. The van der Waals surface area contributed by atoms with E-state index in [0.29, 0.717) is 21.4 Å². The molecule has 0 spiro atoms. The van der Waals surface area contributed by atoms with Crippen LogP contribution < -0.4 is 5.43 Å². The predicted octanol–water partition coefficient (Wildman–Crippen LogP) is 4.46. The van der Waals surface area contributed by atoms with Crippen LogP contribution in [0.2, 0.25) is 5.02 Å². The Morgan fingerprint density at radius 3 is 2.46 bits per heavy atom. The van der Waals surface area contributed by atoms with E-state index in [2.05, 4.69) is 0 Å². The highest BCUT2D eigenvalue weighted by molar-refractivity contribution is 6.35. The summed E-state index contributed by atoms with van der Waals surface area (Å²) >= 11 is 6.25. The fraction of sp³-hybridized carbons (Fsp3) is 0.0476. The van der Waals surface area contributed by atoms with Gasteiger partial charge in [-0.2, -0.15) is 0 Å². The van der Waals surface area contributed by atoms with Gasteiger partial charge in [-0.15, -0.1) is 0 Å². The van der Waals surface area contributed by atoms with Crippen LogP contribution >= 0.6 is 11.6 Å². The molecule has 2 heterocycles. The lowest BCUT2D eigenvalue weighted by molar-refractivity contribution is 0.0473. The second-order valence-corrected chi connectivity index (χ2v) is 6.26. The minimum atomic E-state index is -0.663. The molecule has 0 aliphatic carbocycles. The van der Waals surface area contributed by atoms with Gasteiger partial charge in [-0.3, -0.25) is 4.79 Å². The zero-order valence-corrected chi connectivity index (χ0v) is 14.4. The summed E-state index contributed by atoms with van der Waals surface area (Å²) in [5.41, 5.74) is 1.56. The minimum absolute atomic E-state index is 0.0119. The molecule has 4 aromatic rings. The Morgan fingerprint density at radius 2 is 1.65 bits per heavy atom. The molecule has 0 amide bonds. The van der Waals surface area contributed by atoms with Crippen molar-refractivity contribution in [3.05, 3.63) is 99.3 Å². The standard InChI is InChI=1S/C21H14ClNO3/c22-15-9-6-11-16-18(15)20(24)19(17-10-4-5-12-23(16)17)21(25)26-13-14-7-2-1-3-8-14/h1-12H,13H2. The molecule has 0 N–H and O–H groups in total. The molecular weight excluding hydrogens is 350 g/mol. The maximum atomic E-state index is 13.0. The van der Waals surface area contributed by atoms with E-state index in [0.717, 1.165) is 5.56 Å². The first-order valence-corrected chi connectivity index (χ1v) is 8.47. The van der Waals surface area contributed by atoms with Crippen LogP contribution in [0.3, 0.4) is 0 Å². The Kier molecular flexibility index (Phi) is 4.19. The number of aromatic nitrogens is 1. The van der Waals surface area contributed by atoms with Crippen LogP contribution in [-0.2, 0) is 11.3 Å². The van der Waals surface area contributed by atoms with Crippen molar-refractivity contribution < 1.29 is 9.53 Å². The van der Waals surface area contributed by atoms with Crippen LogP contribution in [0.15, 0.2) is 77.7 Å². The number of rotatable bonds is 3. The van der Waals surface area contributed by atoms with E-state index in [1.54, 1.807) is 40.9 Å². The summed E-state index contributed by atoms with van der Waals surface area (Å²) in [7, 11) is 0. The molecule has 0 atom stereocenters. The monoisotopic (exact) mass is 363 g/mol. The molecule has 2 aromatic heterocycles. The number of hydrogen-bond donors (Lipinski definition) is 0. The number of esters is 1.